The van der Waals surface area contributed by atoms with Crippen LogP contribution in [0.15, 0.2) is 4.42 Å². The van der Waals surface area contributed by atoms with Gasteiger partial charge in [0.15, 0.2) is 0 Å². The Morgan fingerprint density at radius 1 is 1.50 bits per heavy atom. The number of ether oxygens (including phenoxy) is 1. The molecule has 6 nitrogen and oxygen atoms in total. The minimum absolute atomic E-state index is 0.449. The highest BCUT2D eigenvalue weighted by Crippen LogP contribution is 2.04. The number of methoxy groups -OCH3 is 1. The topological polar surface area (TPSA) is 86.2 Å². The Morgan fingerprint density at radius 3 is 3.07 bits per heavy atom. The fourth-order valence-corrected chi connectivity index (χ4v) is 0.961. The van der Waals surface area contributed by atoms with Crippen LogP contribution in [0.1, 0.15) is 12.3 Å². The largest absolute Gasteiger partial charge is 0.408 e. The number of rotatable bonds is 7. The van der Waals surface area contributed by atoms with Crippen molar-refractivity contribution in [3.63, 3.8) is 0 Å². The first kappa shape index (κ1) is 10.9. The fourth-order valence-electron chi connectivity index (χ4n) is 0.961. The van der Waals surface area contributed by atoms with Crippen molar-refractivity contribution in [1.82, 2.24) is 10.2 Å². The van der Waals surface area contributed by atoms with E-state index in [9.17, 15) is 0 Å². The summed E-state index contributed by atoms with van der Waals surface area (Å²) >= 11 is 0. The van der Waals surface area contributed by atoms with Crippen LogP contribution in [0.2, 0.25) is 0 Å². The minimum atomic E-state index is 0.449. The molecule has 0 amide bonds. The molecule has 0 aliphatic heterocycles. The zero-order valence-electron chi connectivity index (χ0n) is 8.32. The standard InChI is InChI=1S/C8H16N4O2/c1-13-6-2-5-10-8-12-11-7(14-8)3-4-9/h2-6,9H2,1H3,(H,10,12). The number of aromatic nitrogens is 2. The van der Waals surface area contributed by atoms with Gasteiger partial charge in [0.25, 0.3) is 0 Å². The molecule has 1 aromatic heterocycles. The Balaban J connectivity index is 2.22. The van der Waals surface area contributed by atoms with Crippen molar-refractivity contribution in [3.8, 4) is 0 Å². The first-order valence-corrected chi connectivity index (χ1v) is 4.62. The third-order valence-corrected chi connectivity index (χ3v) is 1.63. The Hall–Kier alpha value is -1.14. The van der Waals surface area contributed by atoms with Crippen LogP contribution in [0.3, 0.4) is 0 Å². The van der Waals surface area contributed by atoms with Gasteiger partial charge in [-0.25, -0.2) is 0 Å². The van der Waals surface area contributed by atoms with Crippen LogP contribution in [-0.4, -0.2) is 37.0 Å². The molecule has 1 heterocycles. The maximum Gasteiger partial charge on any atom is 0.315 e. The van der Waals surface area contributed by atoms with Crippen molar-refractivity contribution in [3.05, 3.63) is 5.89 Å². The van der Waals surface area contributed by atoms with Gasteiger partial charge in [0.05, 0.1) is 0 Å². The van der Waals surface area contributed by atoms with Crippen molar-refractivity contribution in [1.29, 1.82) is 0 Å². The summed E-state index contributed by atoms with van der Waals surface area (Å²) in [7, 11) is 1.67. The Morgan fingerprint density at radius 2 is 2.36 bits per heavy atom. The van der Waals surface area contributed by atoms with E-state index in [4.69, 9.17) is 14.9 Å². The van der Waals surface area contributed by atoms with Crippen LogP contribution < -0.4 is 11.1 Å². The molecule has 0 unspecified atom stereocenters. The van der Waals surface area contributed by atoms with Crippen LogP contribution in [0, 0.1) is 0 Å². The quantitative estimate of drug-likeness (QED) is 0.603. The van der Waals surface area contributed by atoms with Crippen molar-refractivity contribution in [2.24, 2.45) is 5.73 Å². The second-order valence-corrected chi connectivity index (χ2v) is 2.81. The van der Waals surface area contributed by atoms with Gasteiger partial charge in [0.1, 0.15) is 0 Å². The average molecular weight is 200 g/mol. The smallest absolute Gasteiger partial charge is 0.315 e. The lowest BCUT2D eigenvalue weighted by Gasteiger charge is -1.99. The van der Waals surface area contributed by atoms with E-state index < -0.39 is 0 Å². The second-order valence-electron chi connectivity index (χ2n) is 2.81. The molecular formula is C8H16N4O2. The van der Waals surface area contributed by atoms with E-state index >= 15 is 0 Å². The van der Waals surface area contributed by atoms with Crippen LogP contribution in [-0.2, 0) is 11.2 Å². The SMILES string of the molecule is COCCCNc1nnc(CCN)o1. The first-order chi connectivity index (χ1) is 6.86. The molecule has 0 bridgehead atoms. The van der Waals surface area contributed by atoms with Crippen LogP contribution in [0.4, 0.5) is 6.01 Å². The molecule has 80 valence electrons. The van der Waals surface area contributed by atoms with E-state index in [1.165, 1.54) is 0 Å². The summed E-state index contributed by atoms with van der Waals surface area (Å²) in [5.74, 6) is 0.571. The number of nitrogens with one attached hydrogen (secondary N) is 1. The van der Waals surface area contributed by atoms with Gasteiger partial charge < -0.3 is 20.2 Å². The average Bonchev–Trinajstić information content (AvgIpc) is 2.61. The number of nitrogens with two attached hydrogens (primary N) is 1. The van der Waals surface area contributed by atoms with Crippen molar-refractivity contribution >= 4 is 6.01 Å². The summed E-state index contributed by atoms with van der Waals surface area (Å²) < 4.78 is 10.2. The molecule has 0 saturated carbocycles. The third-order valence-electron chi connectivity index (χ3n) is 1.63. The molecule has 1 rings (SSSR count). The molecule has 0 aliphatic rings. The molecule has 14 heavy (non-hydrogen) atoms. The summed E-state index contributed by atoms with van der Waals surface area (Å²) in [5.41, 5.74) is 5.34. The molecular weight excluding hydrogens is 184 g/mol. The highest BCUT2D eigenvalue weighted by Gasteiger charge is 2.03. The predicted molar refractivity (Wildman–Crippen MR) is 52.0 cm³/mol. The number of hydrogen-bond donors (Lipinski definition) is 2. The highest BCUT2D eigenvalue weighted by molar-refractivity contribution is 5.16. The van der Waals surface area contributed by atoms with Crippen molar-refractivity contribution < 1.29 is 9.15 Å². The van der Waals surface area contributed by atoms with Crippen molar-refractivity contribution in [2.45, 2.75) is 12.8 Å². The van der Waals surface area contributed by atoms with Gasteiger partial charge in [0, 0.05) is 33.2 Å². The molecule has 6 heteroatoms. The Bertz CT molecular complexity index is 251. The van der Waals surface area contributed by atoms with E-state index in [-0.39, 0.29) is 0 Å². The molecule has 1 aromatic rings. The third kappa shape index (κ3) is 3.71. The van der Waals surface area contributed by atoms with Gasteiger partial charge in [-0.05, 0) is 6.42 Å². The highest BCUT2D eigenvalue weighted by atomic mass is 16.5. The van der Waals surface area contributed by atoms with Gasteiger partial charge in [-0.2, -0.15) is 0 Å². The Kier molecular flexibility index (Phi) is 4.95. The summed E-state index contributed by atoms with van der Waals surface area (Å²) in [4.78, 5) is 0. The fraction of sp³-hybridized carbons (Fsp3) is 0.750. The molecule has 0 saturated heterocycles. The zero-order chi connectivity index (χ0) is 10.2. The van der Waals surface area contributed by atoms with Gasteiger partial charge in [-0.1, -0.05) is 5.10 Å². The van der Waals surface area contributed by atoms with E-state index in [1.54, 1.807) is 7.11 Å². The second kappa shape index (κ2) is 6.33. The minimum Gasteiger partial charge on any atom is -0.408 e. The first-order valence-electron chi connectivity index (χ1n) is 4.62. The lowest BCUT2D eigenvalue weighted by molar-refractivity contribution is 0.197. The van der Waals surface area contributed by atoms with E-state index in [2.05, 4.69) is 15.5 Å². The predicted octanol–water partition coefficient (Wildman–Crippen LogP) is 0.0192. The maximum atomic E-state index is 5.34. The molecule has 0 spiro atoms. The van der Waals surface area contributed by atoms with Gasteiger partial charge >= 0.3 is 6.01 Å². The van der Waals surface area contributed by atoms with E-state index in [0.29, 0.717) is 24.9 Å². The van der Waals surface area contributed by atoms with E-state index in [0.717, 1.165) is 19.6 Å². The molecule has 0 aliphatic carbocycles. The van der Waals surface area contributed by atoms with Gasteiger partial charge in [-0.3, -0.25) is 0 Å². The van der Waals surface area contributed by atoms with Crippen LogP contribution in [0.25, 0.3) is 0 Å². The van der Waals surface area contributed by atoms with Crippen LogP contribution >= 0.6 is 0 Å². The van der Waals surface area contributed by atoms with Crippen LogP contribution in [0.5, 0.6) is 0 Å². The normalized spacial score (nSPS) is 10.4. The summed E-state index contributed by atoms with van der Waals surface area (Å²) in [6.45, 7) is 2.00. The lowest BCUT2D eigenvalue weighted by Crippen LogP contribution is -2.04. The molecule has 0 fully saturated rings. The number of anilines is 1. The van der Waals surface area contributed by atoms with E-state index in [1.807, 2.05) is 0 Å². The molecule has 3 N–H and O–H groups in total. The number of hydrogen-bond acceptors (Lipinski definition) is 6. The maximum absolute atomic E-state index is 5.34. The monoisotopic (exact) mass is 200 g/mol. The summed E-state index contributed by atoms with van der Waals surface area (Å²) in [5, 5.41) is 10.6. The summed E-state index contributed by atoms with van der Waals surface area (Å²) in [6, 6.07) is 0.449. The summed E-state index contributed by atoms with van der Waals surface area (Å²) in [6.07, 6.45) is 1.53. The zero-order valence-corrected chi connectivity index (χ0v) is 8.32. The van der Waals surface area contributed by atoms with Crippen molar-refractivity contribution in [2.75, 3.05) is 32.1 Å². The number of nitrogens with zero attached hydrogens (tertiary/aromatic N) is 2. The lowest BCUT2D eigenvalue weighted by atomic mass is 10.4. The van der Waals surface area contributed by atoms with Gasteiger partial charge in [-0.15, -0.1) is 5.10 Å². The molecule has 0 atom stereocenters. The Labute approximate surface area is 82.8 Å². The molecule has 0 radical (unpaired) electrons. The van der Waals surface area contributed by atoms with Gasteiger partial charge in [0.2, 0.25) is 5.89 Å². The molecule has 0 aromatic carbocycles.